The molecular weight excluding hydrogens is 382 g/mol. The van der Waals surface area contributed by atoms with Crippen molar-refractivity contribution in [3.8, 4) is 5.75 Å². The summed E-state index contributed by atoms with van der Waals surface area (Å²) in [5, 5.41) is 0. The van der Waals surface area contributed by atoms with Gasteiger partial charge in [0.2, 0.25) is 0 Å². The zero-order chi connectivity index (χ0) is 22.1. The molecule has 0 saturated carbocycles. The van der Waals surface area contributed by atoms with E-state index in [-0.39, 0.29) is 18.6 Å². The van der Waals surface area contributed by atoms with Crippen LogP contribution in [0.15, 0.2) is 48.5 Å². The molecule has 6 nitrogen and oxygen atoms in total. The maximum Gasteiger partial charge on any atom is 0.421 e. The monoisotopic (exact) mass is 409 g/mol. The minimum absolute atomic E-state index is 0.0242. The normalized spacial score (nSPS) is 18.2. The van der Waals surface area contributed by atoms with Crippen molar-refractivity contribution in [1.82, 2.24) is 0 Å². The first-order valence-corrected chi connectivity index (χ1v) is 9.91. The molecule has 3 rings (SSSR count). The number of nitrogens with zero attached hydrogens (tertiary/aromatic N) is 1. The van der Waals surface area contributed by atoms with E-state index in [1.807, 2.05) is 24.3 Å². The number of carbonyl (C=O) groups is 3. The van der Waals surface area contributed by atoms with E-state index in [2.05, 4.69) is 0 Å². The number of hydrogen-bond acceptors (Lipinski definition) is 5. The van der Waals surface area contributed by atoms with Crippen LogP contribution in [0.25, 0.3) is 0 Å². The molecule has 0 unspecified atom stereocenters. The summed E-state index contributed by atoms with van der Waals surface area (Å²) in [6.45, 7) is 6.76. The SMILES string of the molecule is COc1ccc([C@@]2(CCC(C)=O)C(=O)N(C(=O)OC(C)(C)C)c3ccccc32)cc1. The fourth-order valence-corrected chi connectivity index (χ4v) is 3.84. The molecule has 0 fully saturated rings. The summed E-state index contributed by atoms with van der Waals surface area (Å²) in [4.78, 5) is 39.8. The number of rotatable bonds is 5. The molecular formula is C24H27NO5. The van der Waals surface area contributed by atoms with Crippen molar-refractivity contribution in [3.05, 3.63) is 59.7 Å². The summed E-state index contributed by atoms with van der Waals surface area (Å²) in [5.74, 6) is 0.219. The second kappa shape index (κ2) is 7.94. The summed E-state index contributed by atoms with van der Waals surface area (Å²) in [7, 11) is 1.57. The van der Waals surface area contributed by atoms with Gasteiger partial charge in [-0.25, -0.2) is 9.69 Å². The molecule has 6 heteroatoms. The van der Waals surface area contributed by atoms with Crippen LogP contribution in [0.2, 0.25) is 0 Å². The van der Waals surface area contributed by atoms with Crippen LogP contribution in [0.3, 0.4) is 0 Å². The number of imide groups is 1. The fourth-order valence-electron chi connectivity index (χ4n) is 3.84. The number of hydrogen-bond donors (Lipinski definition) is 0. The van der Waals surface area contributed by atoms with Gasteiger partial charge in [0.1, 0.15) is 22.5 Å². The number of fused-ring (bicyclic) bond motifs is 1. The van der Waals surface area contributed by atoms with E-state index in [9.17, 15) is 14.4 Å². The predicted molar refractivity (Wildman–Crippen MR) is 114 cm³/mol. The Kier molecular flexibility index (Phi) is 5.70. The Morgan fingerprint density at radius 3 is 2.23 bits per heavy atom. The molecule has 0 saturated heterocycles. The van der Waals surface area contributed by atoms with Gasteiger partial charge >= 0.3 is 6.09 Å². The average Bonchev–Trinajstić information content (AvgIpc) is 2.94. The molecule has 0 spiro atoms. The van der Waals surface area contributed by atoms with Crippen molar-refractivity contribution in [2.24, 2.45) is 0 Å². The van der Waals surface area contributed by atoms with E-state index in [1.165, 1.54) is 6.92 Å². The number of ether oxygens (including phenoxy) is 2. The molecule has 2 aromatic rings. The maximum absolute atomic E-state index is 13.9. The van der Waals surface area contributed by atoms with Gasteiger partial charge in [-0.3, -0.25) is 4.79 Å². The predicted octanol–water partition coefficient (Wildman–Crippen LogP) is 4.63. The summed E-state index contributed by atoms with van der Waals surface area (Å²) < 4.78 is 10.8. The van der Waals surface area contributed by atoms with Gasteiger partial charge in [-0.15, -0.1) is 0 Å². The zero-order valence-corrected chi connectivity index (χ0v) is 18.0. The number of para-hydroxylation sites is 1. The van der Waals surface area contributed by atoms with Crippen LogP contribution in [0, 0.1) is 0 Å². The lowest BCUT2D eigenvalue weighted by molar-refractivity contribution is -0.122. The van der Waals surface area contributed by atoms with Gasteiger partial charge in [-0.05, 0) is 63.4 Å². The second-order valence-corrected chi connectivity index (χ2v) is 8.47. The second-order valence-electron chi connectivity index (χ2n) is 8.47. The van der Waals surface area contributed by atoms with Crippen molar-refractivity contribution < 1.29 is 23.9 Å². The van der Waals surface area contributed by atoms with Gasteiger partial charge in [0.25, 0.3) is 5.91 Å². The quantitative estimate of drug-likeness (QED) is 0.720. The van der Waals surface area contributed by atoms with E-state index in [4.69, 9.17) is 9.47 Å². The highest BCUT2D eigenvalue weighted by Crippen LogP contribution is 2.49. The summed E-state index contributed by atoms with van der Waals surface area (Å²) >= 11 is 0. The van der Waals surface area contributed by atoms with E-state index in [0.29, 0.717) is 22.6 Å². The first-order valence-electron chi connectivity index (χ1n) is 9.91. The number of ketones is 1. The Bertz CT molecular complexity index is 974. The van der Waals surface area contributed by atoms with Crippen LogP contribution in [0.4, 0.5) is 10.5 Å². The third kappa shape index (κ3) is 3.82. The van der Waals surface area contributed by atoms with E-state index in [1.54, 1.807) is 52.1 Å². The number of anilines is 1. The number of methoxy groups -OCH3 is 1. The number of carbonyl (C=O) groups excluding carboxylic acids is 3. The first kappa shape index (κ1) is 21.6. The average molecular weight is 409 g/mol. The lowest BCUT2D eigenvalue weighted by Gasteiger charge is -2.30. The molecule has 1 aliphatic rings. The Morgan fingerprint density at radius 1 is 1.03 bits per heavy atom. The van der Waals surface area contributed by atoms with Crippen molar-refractivity contribution >= 4 is 23.5 Å². The Labute approximate surface area is 176 Å². The molecule has 1 aliphatic heterocycles. The molecule has 2 amide bonds. The van der Waals surface area contributed by atoms with Gasteiger partial charge in [0, 0.05) is 6.42 Å². The van der Waals surface area contributed by atoms with Gasteiger partial charge < -0.3 is 14.3 Å². The Balaban J connectivity index is 2.19. The van der Waals surface area contributed by atoms with Crippen LogP contribution in [0.1, 0.15) is 51.7 Å². The maximum atomic E-state index is 13.9. The minimum atomic E-state index is -1.16. The largest absolute Gasteiger partial charge is 0.497 e. The van der Waals surface area contributed by atoms with Crippen LogP contribution in [0.5, 0.6) is 5.75 Å². The van der Waals surface area contributed by atoms with Crippen LogP contribution < -0.4 is 9.64 Å². The Hall–Kier alpha value is -3.15. The summed E-state index contributed by atoms with van der Waals surface area (Å²) in [6, 6.07) is 14.3. The van der Waals surface area contributed by atoms with E-state index < -0.39 is 23.0 Å². The smallest absolute Gasteiger partial charge is 0.421 e. The molecule has 30 heavy (non-hydrogen) atoms. The van der Waals surface area contributed by atoms with Crippen LogP contribution >= 0.6 is 0 Å². The van der Waals surface area contributed by atoms with Gasteiger partial charge in [0.05, 0.1) is 12.8 Å². The first-order chi connectivity index (χ1) is 14.1. The zero-order valence-electron chi connectivity index (χ0n) is 18.0. The molecule has 0 bridgehead atoms. The third-order valence-electron chi connectivity index (χ3n) is 5.18. The lowest BCUT2D eigenvalue weighted by atomic mass is 9.72. The molecule has 0 aromatic heterocycles. The molecule has 0 N–H and O–H groups in total. The third-order valence-corrected chi connectivity index (χ3v) is 5.18. The number of amides is 2. The van der Waals surface area contributed by atoms with Crippen molar-refractivity contribution in [2.45, 2.75) is 51.6 Å². The molecule has 1 heterocycles. The topological polar surface area (TPSA) is 72.9 Å². The molecule has 1 atom stereocenters. The number of Topliss-reactive ketones (excluding diaryl/α,β-unsaturated/α-hetero) is 1. The van der Waals surface area contributed by atoms with Gasteiger partial charge in [-0.2, -0.15) is 0 Å². The van der Waals surface area contributed by atoms with Crippen molar-refractivity contribution in [2.75, 3.05) is 12.0 Å². The molecule has 0 aliphatic carbocycles. The highest BCUT2D eigenvalue weighted by Gasteiger charge is 2.54. The van der Waals surface area contributed by atoms with Crippen LogP contribution in [-0.4, -0.2) is 30.5 Å². The molecule has 158 valence electrons. The standard InChI is InChI=1S/C24H27NO5/c1-16(26)14-15-24(17-10-12-18(29-5)13-11-17)19-8-6-7-9-20(19)25(21(24)27)22(28)30-23(2,3)4/h6-13H,14-15H2,1-5H3/t24-/m1/s1. The van der Waals surface area contributed by atoms with Gasteiger partial charge in [-0.1, -0.05) is 30.3 Å². The molecule has 2 aromatic carbocycles. The Morgan fingerprint density at radius 2 is 1.67 bits per heavy atom. The highest BCUT2D eigenvalue weighted by molar-refractivity contribution is 6.22. The summed E-state index contributed by atoms with van der Waals surface area (Å²) in [6.07, 6.45) is -0.268. The van der Waals surface area contributed by atoms with Gasteiger partial charge in [0.15, 0.2) is 0 Å². The van der Waals surface area contributed by atoms with Crippen LogP contribution in [-0.2, 0) is 19.7 Å². The van der Waals surface area contributed by atoms with E-state index >= 15 is 0 Å². The molecule has 0 radical (unpaired) electrons. The van der Waals surface area contributed by atoms with Crippen molar-refractivity contribution in [3.63, 3.8) is 0 Å². The van der Waals surface area contributed by atoms with Crippen molar-refractivity contribution in [1.29, 1.82) is 0 Å². The highest BCUT2D eigenvalue weighted by atomic mass is 16.6. The fraction of sp³-hybridized carbons (Fsp3) is 0.375. The minimum Gasteiger partial charge on any atom is -0.497 e. The van der Waals surface area contributed by atoms with E-state index in [0.717, 1.165) is 4.90 Å². The summed E-state index contributed by atoms with van der Waals surface area (Å²) in [5.41, 5.74) is -0.0425. The number of benzene rings is 2. The lowest BCUT2D eigenvalue weighted by Crippen LogP contribution is -2.46.